The molecule has 0 amide bonds. The summed E-state index contributed by atoms with van der Waals surface area (Å²) >= 11 is 0. The van der Waals surface area contributed by atoms with E-state index in [0.717, 1.165) is 17.7 Å². The maximum Gasteiger partial charge on any atom is 0.250 e. The fraction of sp³-hybridized carbons (Fsp3) is 0.571. The Morgan fingerprint density at radius 1 is 1.17 bits per heavy atom. The molecule has 0 fully saturated rings. The minimum atomic E-state index is -1.82. The lowest BCUT2D eigenvalue weighted by molar-refractivity contribution is 0.385. The van der Waals surface area contributed by atoms with E-state index in [9.17, 15) is 0 Å². The average molecular weight is 284 g/mol. The van der Waals surface area contributed by atoms with Gasteiger partial charge in [0, 0.05) is 0 Å². The van der Waals surface area contributed by atoms with Gasteiger partial charge in [-0.3, -0.25) is 0 Å². The van der Waals surface area contributed by atoms with Crippen molar-refractivity contribution in [2.24, 2.45) is 0 Å². The van der Waals surface area contributed by atoms with E-state index in [0.29, 0.717) is 0 Å². The molecule has 1 aromatic rings. The molecule has 4 heteroatoms. The third-order valence-corrected chi connectivity index (χ3v) is 8.45. The van der Waals surface area contributed by atoms with Crippen molar-refractivity contribution >= 4 is 17.6 Å². The fourth-order valence-corrected chi connectivity index (χ4v) is 2.63. The summed E-state index contributed by atoms with van der Waals surface area (Å²) in [6.07, 6.45) is 0.928. The van der Waals surface area contributed by atoms with Crippen molar-refractivity contribution in [1.82, 2.24) is 0 Å². The van der Waals surface area contributed by atoms with Crippen molar-refractivity contribution in [3.8, 4) is 11.5 Å². The molecule has 1 aromatic carbocycles. The average Bonchev–Trinajstić information content (AvgIpc) is 2.26. The Balaban J connectivity index is 3.09. The van der Waals surface area contributed by atoms with Crippen LogP contribution in [-0.4, -0.2) is 15.4 Å². The smallest absolute Gasteiger partial charge is 0.250 e. The lowest BCUT2D eigenvalue weighted by Gasteiger charge is -2.36. The maximum atomic E-state index is 6.34. The largest absolute Gasteiger partial charge is 0.541 e. The maximum absolute atomic E-state index is 6.34. The molecule has 1 atom stereocenters. The second-order valence-electron chi connectivity index (χ2n) is 6.05. The summed E-state index contributed by atoms with van der Waals surface area (Å²) in [6.45, 7) is 11.2. The second kappa shape index (κ2) is 5.62. The molecule has 0 radical (unpaired) electrons. The van der Waals surface area contributed by atoms with Gasteiger partial charge in [0.1, 0.15) is 5.75 Å². The van der Waals surface area contributed by atoms with Crippen molar-refractivity contribution in [2.75, 3.05) is 7.11 Å². The molecular weight excluding hydrogens is 259 g/mol. The Hall–Kier alpha value is -0.533. The van der Waals surface area contributed by atoms with E-state index >= 15 is 0 Å². The highest BCUT2D eigenvalue weighted by molar-refractivity contribution is 7.15. The molecule has 0 bridgehead atoms. The zero-order chi connectivity index (χ0) is 14.0. The van der Waals surface area contributed by atoms with Gasteiger partial charge in [-0.2, -0.15) is 0 Å². The number of benzene rings is 1. The molecular formula is C14H25O2PSi. The molecule has 0 aliphatic heterocycles. The quantitative estimate of drug-likeness (QED) is 0.600. The number of ether oxygens (including phenoxy) is 1. The van der Waals surface area contributed by atoms with Gasteiger partial charge in [0.25, 0.3) is 8.32 Å². The van der Waals surface area contributed by atoms with Crippen LogP contribution in [0.1, 0.15) is 26.3 Å². The van der Waals surface area contributed by atoms with Crippen LogP contribution in [0.3, 0.4) is 0 Å². The third-order valence-electron chi connectivity index (χ3n) is 3.64. The zero-order valence-electron chi connectivity index (χ0n) is 12.3. The molecule has 0 spiro atoms. The Morgan fingerprint density at radius 2 is 1.78 bits per heavy atom. The highest BCUT2D eigenvalue weighted by Gasteiger charge is 2.39. The van der Waals surface area contributed by atoms with Crippen LogP contribution in [-0.2, 0) is 6.16 Å². The summed E-state index contributed by atoms with van der Waals surface area (Å²) < 4.78 is 11.7. The molecule has 0 heterocycles. The minimum Gasteiger partial charge on any atom is -0.541 e. The predicted octanol–water partition coefficient (Wildman–Crippen LogP) is 4.45. The molecule has 2 nitrogen and oxygen atoms in total. The zero-order valence-corrected chi connectivity index (χ0v) is 14.5. The van der Waals surface area contributed by atoms with Gasteiger partial charge in [-0.15, -0.1) is 9.24 Å². The van der Waals surface area contributed by atoms with Crippen molar-refractivity contribution in [3.05, 3.63) is 23.8 Å². The second-order valence-corrected chi connectivity index (χ2v) is 11.2. The van der Waals surface area contributed by atoms with E-state index in [4.69, 9.17) is 9.16 Å². The fourth-order valence-electron chi connectivity index (χ4n) is 1.36. The Morgan fingerprint density at radius 3 is 2.22 bits per heavy atom. The monoisotopic (exact) mass is 284 g/mol. The highest BCUT2D eigenvalue weighted by Crippen LogP contribution is 2.40. The summed E-state index contributed by atoms with van der Waals surface area (Å²) in [5.41, 5.74) is 1.24. The van der Waals surface area contributed by atoms with Crippen LogP contribution in [0.5, 0.6) is 11.5 Å². The first kappa shape index (κ1) is 15.5. The van der Waals surface area contributed by atoms with Gasteiger partial charge >= 0.3 is 0 Å². The van der Waals surface area contributed by atoms with Gasteiger partial charge in [0.2, 0.25) is 0 Å². The van der Waals surface area contributed by atoms with E-state index in [-0.39, 0.29) is 5.04 Å². The summed E-state index contributed by atoms with van der Waals surface area (Å²) in [5.74, 6) is 1.70. The Kier molecular flexibility index (Phi) is 4.85. The van der Waals surface area contributed by atoms with Gasteiger partial charge in [-0.25, -0.2) is 0 Å². The van der Waals surface area contributed by atoms with Gasteiger partial charge in [-0.05, 0) is 42.0 Å². The van der Waals surface area contributed by atoms with E-state index in [1.165, 1.54) is 5.56 Å². The van der Waals surface area contributed by atoms with Crippen molar-refractivity contribution in [3.63, 3.8) is 0 Å². The van der Waals surface area contributed by atoms with Crippen LogP contribution >= 0.6 is 9.24 Å². The van der Waals surface area contributed by atoms with Gasteiger partial charge in [-0.1, -0.05) is 26.8 Å². The molecule has 0 aromatic heterocycles. The van der Waals surface area contributed by atoms with E-state index < -0.39 is 8.32 Å². The lowest BCUT2D eigenvalue weighted by Crippen LogP contribution is -2.43. The van der Waals surface area contributed by atoms with Gasteiger partial charge in [0.05, 0.1) is 7.11 Å². The molecule has 0 aliphatic carbocycles. The number of hydrogen-bond donors (Lipinski definition) is 0. The summed E-state index contributed by atoms with van der Waals surface area (Å²) in [7, 11) is 2.61. The molecule has 0 N–H and O–H groups in total. The predicted molar refractivity (Wildman–Crippen MR) is 84.2 cm³/mol. The first-order valence-electron chi connectivity index (χ1n) is 6.27. The topological polar surface area (TPSA) is 18.5 Å². The molecule has 102 valence electrons. The van der Waals surface area contributed by atoms with Crippen LogP contribution in [0, 0.1) is 0 Å². The van der Waals surface area contributed by atoms with E-state index in [1.807, 2.05) is 6.07 Å². The van der Waals surface area contributed by atoms with Crippen LogP contribution in [0.25, 0.3) is 0 Å². The number of hydrogen-bond acceptors (Lipinski definition) is 2. The normalized spacial score (nSPS) is 12.4. The summed E-state index contributed by atoms with van der Waals surface area (Å²) in [4.78, 5) is 0. The van der Waals surface area contributed by atoms with Crippen LogP contribution < -0.4 is 9.16 Å². The first-order valence-corrected chi connectivity index (χ1v) is 10.00. The van der Waals surface area contributed by atoms with E-state index in [1.54, 1.807) is 7.11 Å². The Labute approximate surface area is 114 Å². The molecule has 0 aliphatic rings. The van der Waals surface area contributed by atoms with Crippen LogP contribution in [0.15, 0.2) is 18.2 Å². The molecule has 1 rings (SSSR count). The summed E-state index contributed by atoms with van der Waals surface area (Å²) in [6, 6.07) is 6.15. The number of rotatable bonds is 4. The molecule has 1 unspecified atom stereocenters. The summed E-state index contributed by atoms with van der Waals surface area (Å²) in [5, 5.41) is 0.189. The van der Waals surface area contributed by atoms with Gasteiger partial charge in [0.15, 0.2) is 5.75 Å². The lowest BCUT2D eigenvalue weighted by atomic mass is 10.2. The van der Waals surface area contributed by atoms with Gasteiger partial charge < -0.3 is 9.16 Å². The van der Waals surface area contributed by atoms with Crippen LogP contribution in [0.4, 0.5) is 0 Å². The standard InChI is InChI=1S/C14H25O2PSi/c1-14(2,3)18(5,6)16-13-9-11(10-17)7-8-12(13)15-4/h7-9H,10,17H2,1-6H3. The third kappa shape index (κ3) is 3.49. The van der Waals surface area contributed by atoms with E-state index in [2.05, 4.69) is 55.2 Å². The first-order chi connectivity index (χ1) is 8.21. The Bertz CT molecular complexity index is 411. The molecule has 0 saturated carbocycles. The van der Waals surface area contributed by atoms with Crippen molar-refractivity contribution < 1.29 is 9.16 Å². The highest BCUT2D eigenvalue weighted by atomic mass is 31.0. The SMILES string of the molecule is COc1ccc(CP)cc1O[Si](C)(C)C(C)(C)C. The molecule has 18 heavy (non-hydrogen) atoms. The van der Waals surface area contributed by atoms with Crippen molar-refractivity contribution in [2.45, 2.75) is 45.1 Å². The minimum absolute atomic E-state index is 0.189. The van der Waals surface area contributed by atoms with Crippen LogP contribution in [0.2, 0.25) is 18.1 Å². The van der Waals surface area contributed by atoms with Crippen molar-refractivity contribution in [1.29, 1.82) is 0 Å². The molecule has 0 saturated heterocycles. The number of methoxy groups -OCH3 is 1.